The minimum Gasteiger partial charge on any atom is -0.481 e. The maximum absolute atomic E-state index is 11.7. The van der Waals surface area contributed by atoms with Crippen LogP contribution in [0.15, 0.2) is 32.5 Å². The first kappa shape index (κ1) is 14.5. The molecule has 1 N–H and O–H groups in total. The summed E-state index contributed by atoms with van der Waals surface area (Å²) in [5.41, 5.74) is 0.884. The smallest absolute Gasteiger partial charge is 0.264 e. The quantitative estimate of drug-likeness (QED) is 0.836. The van der Waals surface area contributed by atoms with Gasteiger partial charge in [0.2, 0.25) is 0 Å². The summed E-state index contributed by atoms with van der Waals surface area (Å²) in [6.07, 6.45) is 0. The van der Waals surface area contributed by atoms with Gasteiger partial charge in [0.25, 0.3) is 5.91 Å². The van der Waals surface area contributed by atoms with Gasteiger partial charge in [-0.1, -0.05) is 6.07 Å². The molecule has 0 spiro atoms. The molecule has 1 amide bonds. The second-order valence-corrected chi connectivity index (χ2v) is 6.25. The van der Waals surface area contributed by atoms with E-state index < -0.39 is 0 Å². The van der Waals surface area contributed by atoms with E-state index in [-0.39, 0.29) is 12.5 Å². The van der Waals surface area contributed by atoms with Crippen molar-refractivity contribution in [2.24, 2.45) is 0 Å². The Morgan fingerprint density at radius 2 is 2.11 bits per heavy atom. The molecule has 0 saturated heterocycles. The van der Waals surface area contributed by atoms with Crippen molar-refractivity contribution in [2.45, 2.75) is 6.92 Å². The molecule has 1 aromatic heterocycles. The van der Waals surface area contributed by atoms with Gasteiger partial charge in [-0.05, 0) is 50.9 Å². The molecule has 2 rings (SSSR count). The molecule has 0 aliphatic rings. The average Bonchev–Trinajstić information content (AvgIpc) is 2.74. The Kier molecular flexibility index (Phi) is 4.95. The number of rotatable bonds is 4. The molecule has 7 heteroatoms. The number of aryl methyl sites for hydroxylation is 1. The van der Waals surface area contributed by atoms with Crippen molar-refractivity contribution in [3.63, 3.8) is 0 Å². The maximum Gasteiger partial charge on any atom is 0.264 e. The van der Waals surface area contributed by atoms with Crippen molar-refractivity contribution >= 4 is 54.2 Å². The van der Waals surface area contributed by atoms with Crippen LogP contribution in [0.2, 0.25) is 0 Å². The van der Waals surface area contributed by atoms with Crippen molar-refractivity contribution in [3.05, 3.63) is 38.2 Å². The third kappa shape index (κ3) is 4.02. The van der Waals surface area contributed by atoms with Gasteiger partial charge < -0.3 is 4.74 Å². The van der Waals surface area contributed by atoms with Crippen molar-refractivity contribution in [1.82, 2.24) is 4.98 Å². The average molecular weight is 406 g/mol. The molecule has 0 bridgehead atoms. The number of thiazole rings is 1. The first-order valence-electron chi connectivity index (χ1n) is 5.35. The molecule has 0 unspecified atom stereocenters. The summed E-state index contributed by atoms with van der Waals surface area (Å²) in [7, 11) is 0. The largest absolute Gasteiger partial charge is 0.481 e. The van der Waals surface area contributed by atoms with Crippen LogP contribution in [0.1, 0.15) is 5.69 Å². The second-order valence-electron chi connectivity index (χ2n) is 3.68. The lowest BCUT2D eigenvalue weighted by Crippen LogP contribution is -2.20. The second kappa shape index (κ2) is 6.49. The Morgan fingerprint density at radius 3 is 2.68 bits per heavy atom. The lowest BCUT2D eigenvalue weighted by molar-refractivity contribution is -0.118. The number of halogens is 2. The van der Waals surface area contributed by atoms with Gasteiger partial charge in [0.05, 0.1) is 14.6 Å². The number of carbonyl (C=O) groups is 1. The van der Waals surface area contributed by atoms with Crippen molar-refractivity contribution in [1.29, 1.82) is 0 Å². The van der Waals surface area contributed by atoms with Gasteiger partial charge in [0, 0.05) is 5.38 Å². The molecular formula is C12H10Br2N2O2S. The first-order chi connectivity index (χ1) is 9.06. The van der Waals surface area contributed by atoms with Gasteiger partial charge in [-0.15, -0.1) is 11.3 Å². The van der Waals surface area contributed by atoms with E-state index in [1.807, 2.05) is 30.5 Å². The molecule has 1 heterocycles. The number of para-hydroxylation sites is 1. The summed E-state index contributed by atoms with van der Waals surface area (Å²) < 4.78 is 7.06. The topological polar surface area (TPSA) is 51.2 Å². The summed E-state index contributed by atoms with van der Waals surface area (Å²) in [6, 6.07) is 5.57. The number of anilines is 1. The van der Waals surface area contributed by atoms with Crippen molar-refractivity contribution in [2.75, 3.05) is 11.9 Å². The Bertz CT molecular complexity index is 581. The van der Waals surface area contributed by atoms with Gasteiger partial charge in [-0.2, -0.15) is 0 Å². The highest BCUT2D eigenvalue weighted by Crippen LogP contribution is 2.32. The number of amides is 1. The van der Waals surface area contributed by atoms with E-state index in [0.717, 1.165) is 14.6 Å². The molecule has 100 valence electrons. The predicted molar refractivity (Wildman–Crippen MR) is 82.8 cm³/mol. The van der Waals surface area contributed by atoms with Crippen LogP contribution in [0.25, 0.3) is 0 Å². The highest BCUT2D eigenvalue weighted by molar-refractivity contribution is 9.11. The van der Waals surface area contributed by atoms with Crippen LogP contribution >= 0.6 is 43.2 Å². The molecule has 0 radical (unpaired) electrons. The molecule has 0 atom stereocenters. The van der Waals surface area contributed by atoms with E-state index in [1.165, 1.54) is 11.3 Å². The third-order valence-electron chi connectivity index (χ3n) is 2.13. The first-order valence-corrected chi connectivity index (χ1v) is 7.81. The van der Waals surface area contributed by atoms with Gasteiger partial charge in [0.1, 0.15) is 5.75 Å². The zero-order chi connectivity index (χ0) is 13.8. The number of hydrogen-bond donors (Lipinski definition) is 1. The standard InChI is InChI=1S/C12H10Br2N2O2S/c1-7-6-19-12(15-7)16-10(17)5-18-11-8(13)3-2-4-9(11)14/h2-4,6H,5H2,1H3,(H,15,16,17). The normalized spacial score (nSPS) is 10.3. The molecule has 0 fully saturated rings. The summed E-state index contributed by atoms with van der Waals surface area (Å²) in [5, 5.41) is 5.14. The number of carbonyl (C=O) groups excluding carboxylic acids is 1. The van der Waals surface area contributed by atoms with E-state index >= 15 is 0 Å². The Balaban J connectivity index is 1.93. The summed E-state index contributed by atoms with van der Waals surface area (Å²) in [6.45, 7) is 1.81. The van der Waals surface area contributed by atoms with E-state index in [1.54, 1.807) is 0 Å². The van der Waals surface area contributed by atoms with Crippen molar-refractivity contribution < 1.29 is 9.53 Å². The van der Waals surface area contributed by atoms with E-state index in [2.05, 4.69) is 42.2 Å². The molecule has 0 aliphatic heterocycles. The number of benzene rings is 1. The van der Waals surface area contributed by atoms with Gasteiger partial charge in [-0.25, -0.2) is 4.98 Å². The van der Waals surface area contributed by atoms with Gasteiger partial charge in [-0.3, -0.25) is 10.1 Å². The molecule has 1 aromatic carbocycles. The van der Waals surface area contributed by atoms with Crippen LogP contribution in [0.3, 0.4) is 0 Å². The van der Waals surface area contributed by atoms with E-state index in [4.69, 9.17) is 4.74 Å². The van der Waals surface area contributed by atoms with Crippen molar-refractivity contribution in [3.8, 4) is 5.75 Å². The predicted octanol–water partition coefficient (Wildman–Crippen LogP) is 3.99. The van der Waals surface area contributed by atoms with Crippen LogP contribution in [0.4, 0.5) is 5.13 Å². The Morgan fingerprint density at radius 1 is 1.42 bits per heavy atom. The lowest BCUT2D eigenvalue weighted by Gasteiger charge is -2.09. The molecular weight excluding hydrogens is 396 g/mol. The number of aromatic nitrogens is 1. The number of nitrogens with one attached hydrogen (secondary N) is 1. The van der Waals surface area contributed by atoms with Crippen LogP contribution in [0.5, 0.6) is 5.75 Å². The molecule has 0 aliphatic carbocycles. The van der Waals surface area contributed by atoms with Crippen LogP contribution in [0, 0.1) is 6.92 Å². The van der Waals surface area contributed by atoms with Gasteiger partial charge >= 0.3 is 0 Å². The number of nitrogens with zero attached hydrogens (tertiary/aromatic N) is 1. The van der Waals surface area contributed by atoms with Gasteiger partial charge in [0.15, 0.2) is 11.7 Å². The minimum absolute atomic E-state index is 0.0696. The Hall–Kier alpha value is -0.920. The van der Waals surface area contributed by atoms with E-state index in [0.29, 0.717) is 10.9 Å². The highest BCUT2D eigenvalue weighted by Gasteiger charge is 2.10. The fourth-order valence-electron chi connectivity index (χ4n) is 1.32. The lowest BCUT2D eigenvalue weighted by atomic mass is 10.3. The molecule has 4 nitrogen and oxygen atoms in total. The summed E-state index contributed by atoms with van der Waals surface area (Å²) >= 11 is 8.13. The maximum atomic E-state index is 11.7. The van der Waals surface area contributed by atoms with Crippen LogP contribution in [-0.2, 0) is 4.79 Å². The van der Waals surface area contributed by atoms with E-state index in [9.17, 15) is 4.79 Å². The SMILES string of the molecule is Cc1csc(NC(=O)COc2c(Br)cccc2Br)n1. The number of hydrogen-bond acceptors (Lipinski definition) is 4. The molecule has 0 saturated carbocycles. The van der Waals surface area contributed by atoms with Crippen LogP contribution < -0.4 is 10.1 Å². The molecule has 19 heavy (non-hydrogen) atoms. The monoisotopic (exact) mass is 404 g/mol. The fraction of sp³-hybridized carbons (Fsp3) is 0.167. The highest BCUT2D eigenvalue weighted by atomic mass is 79.9. The zero-order valence-electron chi connectivity index (χ0n) is 9.94. The summed E-state index contributed by atoms with van der Waals surface area (Å²) in [5.74, 6) is 0.366. The third-order valence-corrected chi connectivity index (χ3v) is 4.26. The van der Waals surface area contributed by atoms with Crippen LogP contribution in [-0.4, -0.2) is 17.5 Å². The Labute approximate surface area is 131 Å². The minimum atomic E-state index is -0.239. The molecule has 2 aromatic rings. The fourth-order valence-corrected chi connectivity index (χ4v) is 3.26. The number of ether oxygens (including phenoxy) is 1. The zero-order valence-corrected chi connectivity index (χ0v) is 13.9. The summed E-state index contributed by atoms with van der Waals surface area (Å²) in [4.78, 5) is 15.9.